The smallest absolute Gasteiger partial charge is 0.340 e. The van der Waals surface area contributed by atoms with Gasteiger partial charge in [0.25, 0.3) is 5.91 Å². The molecule has 0 saturated carbocycles. The zero-order valence-electron chi connectivity index (χ0n) is 19.2. The lowest BCUT2D eigenvalue weighted by atomic mass is 10.2. The monoisotopic (exact) mass is 489 g/mol. The summed E-state index contributed by atoms with van der Waals surface area (Å²) < 4.78 is 33.0. The highest BCUT2D eigenvalue weighted by Gasteiger charge is 2.27. The molecule has 1 saturated heterocycles. The first-order chi connectivity index (χ1) is 16.3. The van der Waals surface area contributed by atoms with E-state index in [1.54, 1.807) is 43.3 Å². The third kappa shape index (κ3) is 6.55. The van der Waals surface area contributed by atoms with Gasteiger partial charge in [-0.2, -0.15) is 4.31 Å². The minimum absolute atomic E-state index is 0.0994. The van der Waals surface area contributed by atoms with Crippen molar-refractivity contribution >= 4 is 33.3 Å². The molecule has 0 spiro atoms. The summed E-state index contributed by atoms with van der Waals surface area (Å²) in [6.07, 6.45) is 3.70. The first-order valence-electron chi connectivity index (χ1n) is 11.3. The zero-order valence-corrected chi connectivity index (χ0v) is 20.1. The molecule has 34 heavy (non-hydrogen) atoms. The fraction of sp³-hybridized carbons (Fsp3) is 0.417. The second kappa shape index (κ2) is 12.0. The number of carbonyl (C=O) groups is 2. The zero-order chi connectivity index (χ0) is 24.6. The van der Waals surface area contributed by atoms with Crippen LogP contribution in [0.4, 0.5) is 11.4 Å². The Morgan fingerprint density at radius 2 is 1.76 bits per heavy atom. The number of esters is 1. The Kier molecular flexibility index (Phi) is 9.03. The van der Waals surface area contributed by atoms with E-state index < -0.39 is 28.5 Å². The molecule has 1 aliphatic rings. The van der Waals surface area contributed by atoms with Crippen molar-refractivity contribution in [1.82, 2.24) is 4.31 Å². The second-order valence-corrected chi connectivity index (χ2v) is 10.0. The van der Waals surface area contributed by atoms with Crippen molar-refractivity contribution in [2.75, 3.05) is 43.5 Å². The van der Waals surface area contributed by atoms with Crippen LogP contribution in [0.5, 0.6) is 0 Å². The second-order valence-electron chi connectivity index (χ2n) is 8.12. The van der Waals surface area contributed by atoms with Crippen molar-refractivity contribution in [2.24, 2.45) is 0 Å². The number of aliphatic hydroxyl groups excluding tert-OH is 1. The molecule has 1 fully saturated rings. The average molecular weight is 490 g/mol. The van der Waals surface area contributed by atoms with Crippen molar-refractivity contribution in [2.45, 2.75) is 37.5 Å². The Bertz CT molecular complexity index is 1110. The number of anilines is 2. The SMILES string of the molecule is Cc1ccc(NC(=O)COC(=O)c2ccccc2NCCO)cc1S(=O)(=O)N1CCCCCC1. The number of rotatable bonds is 9. The molecule has 0 aliphatic carbocycles. The minimum Gasteiger partial charge on any atom is -0.452 e. The Hall–Kier alpha value is -2.95. The molecule has 9 nitrogen and oxygen atoms in total. The molecule has 10 heteroatoms. The summed E-state index contributed by atoms with van der Waals surface area (Å²) in [6.45, 7) is 2.33. The molecule has 0 atom stereocenters. The van der Waals surface area contributed by atoms with Crippen LogP contribution in [0.1, 0.15) is 41.6 Å². The first kappa shape index (κ1) is 25.7. The fourth-order valence-electron chi connectivity index (χ4n) is 3.79. The number of sulfonamides is 1. The minimum atomic E-state index is -3.68. The van der Waals surface area contributed by atoms with Crippen LogP contribution in [0.3, 0.4) is 0 Å². The van der Waals surface area contributed by atoms with Gasteiger partial charge < -0.3 is 20.5 Å². The van der Waals surface area contributed by atoms with Gasteiger partial charge in [0.15, 0.2) is 6.61 Å². The summed E-state index contributed by atoms with van der Waals surface area (Å²) in [5, 5.41) is 14.5. The molecule has 2 aromatic rings. The third-order valence-electron chi connectivity index (χ3n) is 5.56. The normalized spacial score (nSPS) is 14.8. The number of amides is 1. The van der Waals surface area contributed by atoms with Crippen LogP contribution in [-0.2, 0) is 19.6 Å². The van der Waals surface area contributed by atoms with Gasteiger partial charge in [-0.3, -0.25) is 4.79 Å². The van der Waals surface area contributed by atoms with Crippen LogP contribution in [0.15, 0.2) is 47.4 Å². The van der Waals surface area contributed by atoms with E-state index in [9.17, 15) is 18.0 Å². The summed E-state index contributed by atoms with van der Waals surface area (Å²) in [5.74, 6) is -1.28. The van der Waals surface area contributed by atoms with Crippen LogP contribution < -0.4 is 10.6 Å². The van der Waals surface area contributed by atoms with Crippen LogP contribution in [0, 0.1) is 6.92 Å². The molecule has 1 heterocycles. The van der Waals surface area contributed by atoms with E-state index >= 15 is 0 Å². The summed E-state index contributed by atoms with van der Waals surface area (Å²) in [5.41, 5.74) is 1.64. The van der Waals surface area contributed by atoms with Crippen molar-refractivity contribution in [3.8, 4) is 0 Å². The Labute approximate surface area is 200 Å². The van der Waals surface area contributed by atoms with Crippen LogP contribution in [0.25, 0.3) is 0 Å². The molecule has 1 aliphatic heterocycles. The lowest BCUT2D eigenvalue weighted by Crippen LogP contribution is -2.32. The maximum absolute atomic E-state index is 13.2. The van der Waals surface area contributed by atoms with Gasteiger partial charge in [-0.15, -0.1) is 0 Å². The molecule has 0 unspecified atom stereocenters. The molecule has 0 aromatic heterocycles. The molecule has 184 valence electrons. The predicted octanol–water partition coefficient (Wildman–Crippen LogP) is 2.76. The molecular formula is C24H31N3O6S. The molecule has 0 bridgehead atoms. The largest absolute Gasteiger partial charge is 0.452 e. The van der Waals surface area contributed by atoms with Crippen molar-refractivity contribution in [3.63, 3.8) is 0 Å². The van der Waals surface area contributed by atoms with Crippen LogP contribution in [-0.4, -0.2) is 62.6 Å². The summed E-state index contributed by atoms with van der Waals surface area (Å²) >= 11 is 0. The predicted molar refractivity (Wildman–Crippen MR) is 129 cm³/mol. The molecule has 0 radical (unpaired) electrons. The topological polar surface area (TPSA) is 125 Å². The van der Waals surface area contributed by atoms with Gasteiger partial charge >= 0.3 is 5.97 Å². The molecule has 1 amide bonds. The Morgan fingerprint density at radius 3 is 2.47 bits per heavy atom. The van der Waals surface area contributed by atoms with E-state index in [1.807, 2.05) is 0 Å². The van der Waals surface area contributed by atoms with E-state index in [1.165, 1.54) is 10.4 Å². The van der Waals surface area contributed by atoms with Gasteiger partial charge in [0.1, 0.15) is 0 Å². The van der Waals surface area contributed by atoms with E-state index in [0.29, 0.717) is 30.0 Å². The first-order valence-corrected chi connectivity index (χ1v) is 12.8. The maximum atomic E-state index is 13.2. The lowest BCUT2D eigenvalue weighted by molar-refractivity contribution is -0.119. The number of hydrogen-bond acceptors (Lipinski definition) is 7. The number of nitrogens with zero attached hydrogens (tertiary/aromatic N) is 1. The number of carbonyl (C=O) groups excluding carboxylic acids is 2. The lowest BCUT2D eigenvalue weighted by Gasteiger charge is -2.21. The standard InChI is InChI=1S/C24H31N3O6S/c1-18-10-11-19(16-22(18)34(31,32)27-13-6-2-3-7-14-27)26-23(29)17-33-24(30)20-8-4-5-9-21(20)25-12-15-28/h4-5,8-11,16,25,28H,2-3,6-7,12-15,17H2,1H3,(H,26,29). The highest BCUT2D eigenvalue weighted by atomic mass is 32.2. The number of benzene rings is 2. The molecular weight excluding hydrogens is 458 g/mol. The third-order valence-corrected chi connectivity index (χ3v) is 7.60. The van der Waals surface area contributed by atoms with Crippen LogP contribution >= 0.6 is 0 Å². The van der Waals surface area contributed by atoms with Crippen molar-refractivity contribution in [3.05, 3.63) is 53.6 Å². The van der Waals surface area contributed by atoms with Gasteiger partial charge in [-0.25, -0.2) is 13.2 Å². The fourth-order valence-corrected chi connectivity index (χ4v) is 5.56. The highest BCUT2D eigenvalue weighted by molar-refractivity contribution is 7.89. The summed E-state index contributed by atoms with van der Waals surface area (Å²) in [6, 6.07) is 11.3. The Balaban J connectivity index is 1.65. The van der Waals surface area contributed by atoms with Crippen molar-refractivity contribution < 1.29 is 27.9 Å². The van der Waals surface area contributed by atoms with E-state index in [0.717, 1.165) is 25.7 Å². The van der Waals surface area contributed by atoms with Gasteiger partial charge in [0.2, 0.25) is 10.0 Å². The van der Waals surface area contributed by atoms with Gasteiger partial charge in [-0.1, -0.05) is 31.0 Å². The Morgan fingerprint density at radius 1 is 1.06 bits per heavy atom. The van der Waals surface area contributed by atoms with Gasteiger partial charge in [-0.05, 0) is 49.6 Å². The summed E-state index contributed by atoms with van der Waals surface area (Å²) in [4.78, 5) is 25.0. The number of hydrogen-bond donors (Lipinski definition) is 3. The van der Waals surface area contributed by atoms with Crippen LogP contribution in [0.2, 0.25) is 0 Å². The molecule has 3 N–H and O–H groups in total. The number of aliphatic hydroxyl groups is 1. The number of para-hydroxylation sites is 1. The molecule has 2 aromatic carbocycles. The highest BCUT2D eigenvalue weighted by Crippen LogP contribution is 2.26. The number of ether oxygens (including phenoxy) is 1. The van der Waals surface area contributed by atoms with E-state index in [2.05, 4.69) is 10.6 Å². The maximum Gasteiger partial charge on any atom is 0.340 e. The van der Waals surface area contributed by atoms with Gasteiger partial charge in [0, 0.05) is 31.0 Å². The number of aryl methyl sites for hydroxylation is 1. The van der Waals surface area contributed by atoms with Crippen molar-refractivity contribution in [1.29, 1.82) is 0 Å². The molecule has 3 rings (SSSR count). The van der Waals surface area contributed by atoms with E-state index in [-0.39, 0.29) is 23.6 Å². The van der Waals surface area contributed by atoms with Gasteiger partial charge in [0.05, 0.1) is 17.1 Å². The quantitative estimate of drug-likeness (QED) is 0.463. The van der Waals surface area contributed by atoms with E-state index in [4.69, 9.17) is 9.84 Å². The summed E-state index contributed by atoms with van der Waals surface area (Å²) in [7, 11) is -3.68. The average Bonchev–Trinajstić information content (AvgIpc) is 3.13. The number of nitrogens with one attached hydrogen (secondary N) is 2.